The monoisotopic (exact) mass is 481 g/mol. The molecule has 0 aliphatic heterocycles. The van der Waals surface area contributed by atoms with Crippen molar-refractivity contribution in [2.24, 2.45) is 0 Å². The number of nitrogens with one attached hydrogen (secondary N) is 1. The number of nitrogen functional groups attached to an aromatic ring is 1. The number of hydrogen-bond acceptors (Lipinski definition) is 5. The molecule has 0 aliphatic rings. The maximum absolute atomic E-state index is 12.6. The lowest BCUT2D eigenvalue weighted by Gasteiger charge is -2.14. The van der Waals surface area contributed by atoms with Crippen LogP contribution in [0.15, 0.2) is 59.8 Å². The Kier molecular flexibility index (Phi) is 5.50. The van der Waals surface area contributed by atoms with Crippen molar-refractivity contribution in [1.82, 2.24) is 14.6 Å². The Morgan fingerprint density at radius 2 is 1.73 bits per heavy atom. The highest BCUT2D eigenvalue weighted by Crippen LogP contribution is 2.40. The molecular formula is C19H14Cl3N5O2S. The SMILES string of the molecule is Nc1c(-c2ccc(NS(=O)(=O)c3ccccc3)c(Cl)c2Cl)cnc2c(CCl)cnn12. The summed E-state index contributed by atoms with van der Waals surface area (Å²) in [6.45, 7) is 0. The van der Waals surface area contributed by atoms with Crippen LogP contribution in [-0.2, 0) is 15.9 Å². The number of alkyl halides is 1. The zero-order valence-corrected chi connectivity index (χ0v) is 18.3. The molecule has 0 amide bonds. The van der Waals surface area contributed by atoms with E-state index < -0.39 is 10.0 Å². The van der Waals surface area contributed by atoms with Crippen molar-refractivity contribution in [1.29, 1.82) is 0 Å². The highest BCUT2D eigenvalue weighted by Gasteiger charge is 2.20. The summed E-state index contributed by atoms with van der Waals surface area (Å²) in [6.07, 6.45) is 3.14. The molecule has 2 heterocycles. The third kappa shape index (κ3) is 3.56. The minimum absolute atomic E-state index is 0.0371. The Balaban J connectivity index is 1.75. The fourth-order valence-electron chi connectivity index (χ4n) is 2.94. The maximum Gasteiger partial charge on any atom is 0.261 e. The number of halogens is 3. The van der Waals surface area contributed by atoms with E-state index in [1.807, 2.05) is 0 Å². The molecule has 0 fully saturated rings. The molecule has 0 aliphatic carbocycles. The first-order chi connectivity index (χ1) is 14.3. The molecule has 0 radical (unpaired) electrons. The van der Waals surface area contributed by atoms with Crippen molar-refractivity contribution in [3.05, 3.63) is 70.5 Å². The number of fused-ring (bicyclic) bond motifs is 1. The van der Waals surface area contributed by atoms with Gasteiger partial charge in [-0.1, -0.05) is 47.5 Å². The first-order valence-corrected chi connectivity index (χ1v) is 11.3. The molecular weight excluding hydrogens is 469 g/mol. The second-order valence-corrected chi connectivity index (χ2v) is 9.01. The maximum atomic E-state index is 12.6. The van der Waals surface area contributed by atoms with Crippen molar-refractivity contribution < 1.29 is 8.42 Å². The third-order valence-corrected chi connectivity index (χ3v) is 7.00. The van der Waals surface area contributed by atoms with Crippen LogP contribution in [0.1, 0.15) is 5.56 Å². The van der Waals surface area contributed by atoms with Gasteiger partial charge >= 0.3 is 0 Å². The van der Waals surface area contributed by atoms with Crippen LogP contribution in [0.4, 0.5) is 11.5 Å². The highest BCUT2D eigenvalue weighted by atomic mass is 35.5. The summed E-state index contributed by atoms with van der Waals surface area (Å²) in [4.78, 5) is 4.47. The average Bonchev–Trinajstić information content (AvgIpc) is 3.17. The number of rotatable bonds is 5. The van der Waals surface area contributed by atoms with Crippen LogP contribution in [0, 0.1) is 0 Å². The van der Waals surface area contributed by atoms with Crippen LogP contribution in [0.2, 0.25) is 10.0 Å². The molecule has 154 valence electrons. The largest absolute Gasteiger partial charge is 0.383 e. The van der Waals surface area contributed by atoms with E-state index in [0.29, 0.717) is 22.6 Å². The van der Waals surface area contributed by atoms with Gasteiger partial charge in [-0.2, -0.15) is 9.61 Å². The topological polar surface area (TPSA) is 102 Å². The Morgan fingerprint density at radius 1 is 1.00 bits per heavy atom. The highest BCUT2D eigenvalue weighted by molar-refractivity contribution is 7.92. The fraction of sp³-hybridized carbons (Fsp3) is 0.0526. The molecule has 2 aromatic heterocycles. The Bertz CT molecular complexity index is 1360. The third-order valence-electron chi connectivity index (χ3n) is 4.45. The van der Waals surface area contributed by atoms with Crippen LogP contribution in [0.25, 0.3) is 16.8 Å². The molecule has 7 nitrogen and oxygen atoms in total. The van der Waals surface area contributed by atoms with Crippen molar-refractivity contribution in [3.63, 3.8) is 0 Å². The lowest BCUT2D eigenvalue weighted by atomic mass is 10.1. The number of aromatic nitrogens is 3. The molecule has 30 heavy (non-hydrogen) atoms. The quantitative estimate of drug-likeness (QED) is 0.397. The number of hydrogen-bond donors (Lipinski definition) is 2. The van der Waals surface area contributed by atoms with Gasteiger partial charge in [0.05, 0.1) is 32.7 Å². The normalized spacial score (nSPS) is 11.7. The van der Waals surface area contributed by atoms with Gasteiger partial charge in [0, 0.05) is 22.9 Å². The zero-order valence-electron chi connectivity index (χ0n) is 15.2. The van der Waals surface area contributed by atoms with E-state index in [1.165, 1.54) is 22.7 Å². The van der Waals surface area contributed by atoms with Crippen LogP contribution < -0.4 is 10.5 Å². The van der Waals surface area contributed by atoms with E-state index in [1.54, 1.807) is 36.7 Å². The van der Waals surface area contributed by atoms with Crippen LogP contribution >= 0.6 is 34.8 Å². The van der Waals surface area contributed by atoms with E-state index in [-0.39, 0.29) is 26.5 Å². The lowest BCUT2D eigenvalue weighted by molar-refractivity contribution is 0.601. The van der Waals surface area contributed by atoms with Crippen LogP contribution in [0.5, 0.6) is 0 Å². The first-order valence-electron chi connectivity index (χ1n) is 8.56. The molecule has 0 saturated carbocycles. The molecule has 0 spiro atoms. The van der Waals surface area contributed by atoms with Gasteiger partial charge < -0.3 is 5.73 Å². The second kappa shape index (κ2) is 7.96. The number of nitrogens with two attached hydrogens (primary N) is 1. The summed E-state index contributed by atoms with van der Waals surface area (Å²) < 4.78 is 29.1. The Hall–Kier alpha value is -2.52. The van der Waals surface area contributed by atoms with Gasteiger partial charge in [0.25, 0.3) is 10.0 Å². The molecule has 4 aromatic rings. The van der Waals surface area contributed by atoms with Gasteiger partial charge in [0.2, 0.25) is 0 Å². The zero-order chi connectivity index (χ0) is 21.5. The van der Waals surface area contributed by atoms with Crippen molar-refractivity contribution in [3.8, 4) is 11.1 Å². The summed E-state index contributed by atoms with van der Waals surface area (Å²) in [5.41, 5.74) is 8.67. The van der Waals surface area contributed by atoms with Crippen molar-refractivity contribution in [2.45, 2.75) is 10.8 Å². The second-order valence-electron chi connectivity index (χ2n) is 6.30. The number of nitrogens with zero attached hydrogens (tertiary/aromatic N) is 3. The molecule has 2 aromatic carbocycles. The van der Waals surface area contributed by atoms with E-state index in [0.717, 1.165) is 5.56 Å². The Morgan fingerprint density at radius 3 is 2.43 bits per heavy atom. The van der Waals surface area contributed by atoms with Gasteiger partial charge in [-0.15, -0.1) is 11.6 Å². The van der Waals surface area contributed by atoms with Gasteiger partial charge in [-0.05, 0) is 18.2 Å². The first kappa shape index (κ1) is 20.7. The molecule has 0 saturated heterocycles. The van der Waals surface area contributed by atoms with E-state index in [4.69, 9.17) is 40.5 Å². The van der Waals surface area contributed by atoms with E-state index in [9.17, 15) is 8.42 Å². The minimum atomic E-state index is -3.82. The van der Waals surface area contributed by atoms with Gasteiger partial charge in [-0.3, -0.25) is 4.72 Å². The van der Waals surface area contributed by atoms with Gasteiger partial charge in [0.15, 0.2) is 5.65 Å². The fourth-order valence-corrected chi connectivity index (χ4v) is 4.75. The number of sulfonamides is 1. The number of benzene rings is 2. The van der Waals surface area contributed by atoms with Gasteiger partial charge in [-0.25, -0.2) is 13.4 Å². The summed E-state index contributed by atoms with van der Waals surface area (Å²) in [5.74, 6) is 0.546. The predicted molar refractivity (Wildman–Crippen MR) is 120 cm³/mol. The standard InChI is InChI=1S/C19H14Cl3N5O2S/c20-8-11-9-25-27-18(23)14(10-24-19(11)27)13-6-7-15(17(22)16(13)21)26-30(28,29)12-4-2-1-3-5-12/h1-7,9-10,26H,8,23H2. The molecule has 3 N–H and O–H groups in total. The lowest BCUT2D eigenvalue weighted by Crippen LogP contribution is -2.13. The Labute approximate surface area is 187 Å². The molecule has 4 rings (SSSR count). The summed E-state index contributed by atoms with van der Waals surface area (Å²) in [5, 5.41) is 4.37. The smallest absolute Gasteiger partial charge is 0.261 e. The predicted octanol–water partition coefficient (Wildman–Crippen LogP) is 4.82. The van der Waals surface area contributed by atoms with Crippen LogP contribution in [0.3, 0.4) is 0 Å². The molecule has 11 heteroatoms. The summed E-state index contributed by atoms with van der Waals surface area (Å²) >= 11 is 18.7. The van der Waals surface area contributed by atoms with Gasteiger partial charge in [0.1, 0.15) is 5.82 Å². The van der Waals surface area contributed by atoms with E-state index >= 15 is 0 Å². The van der Waals surface area contributed by atoms with Crippen LogP contribution in [-0.4, -0.2) is 23.0 Å². The van der Waals surface area contributed by atoms with E-state index in [2.05, 4.69) is 14.8 Å². The summed E-state index contributed by atoms with van der Waals surface area (Å²) in [6, 6.07) is 11.1. The number of anilines is 2. The summed E-state index contributed by atoms with van der Waals surface area (Å²) in [7, 11) is -3.82. The molecule has 0 bridgehead atoms. The van der Waals surface area contributed by atoms with Crippen molar-refractivity contribution >= 4 is 62.0 Å². The average molecular weight is 483 g/mol. The molecule has 0 atom stereocenters. The minimum Gasteiger partial charge on any atom is -0.383 e. The van der Waals surface area contributed by atoms with Crippen molar-refractivity contribution in [2.75, 3.05) is 10.5 Å². The molecule has 0 unspecified atom stereocenters.